The molecular formula is C17H13ClN2O2. The maximum atomic E-state index is 12.1. The van der Waals surface area contributed by atoms with Crippen molar-refractivity contribution in [2.45, 2.75) is 6.92 Å². The van der Waals surface area contributed by atoms with E-state index in [1.165, 1.54) is 6.21 Å². The first-order valence-corrected chi connectivity index (χ1v) is 7.10. The number of hydrogen-bond donors (Lipinski definition) is 1. The van der Waals surface area contributed by atoms with Crippen molar-refractivity contribution in [2.24, 2.45) is 5.10 Å². The van der Waals surface area contributed by atoms with Crippen molar-refractivity contribution in [3.63, 3.8) is 0 Å². The highest BCUT2D eigenvalue weighted by atomic mass is 35.5. The van der Waals surface area contributed by atoms with Crippen molar-refractivity contribution in [3.8, 4) is 0 Å². The number of furan rings is 1. The van der Waals surface area contributed by atoms with Gasteiger partial charge in [-0.1, -0.05) is 41.9 Å². The number of fused-ring (bicyclic) bond motifs is 1. The highest BCUT2D eigenvalue weighted by Crippen LogP contribution is 2.24. The topological polar surface area (TPSA) is 54.6 Å². The fourth-order valence-corrected chi connectivity index (χ4v) is 2.39. The Labute approximate surface area is 132 Å². The highest BCUT2D eigenvalue weighted by molar-refractivity contribution is 6.30. The molecule has 1 aromatic heterocycles. The van der Waals surface area contributed by atoms with Crippen LogP contribution in [0.2, 0.25) is 5.02 Å². The van der Waals surface area contributed by atoms with Crippen molar-refractivity contribution in [1.29, 1.82) is 0 Å². The minimum Gasteiger partial charge on any atom is -0.451 e. The van der Waals surface area contributed by atoms with Crippen molar-refractivity contribution in [3.05, 3.63) is 70.4 Å². The third kappa shape index (κ3) is 2.87. The third-order valence-electron chi connectivity index (χ3n) is 3.28. The van der Waals surface area contributed by atoms with E-state index in [9.17, 15) is 4.79 Å². The first-order valence-electron chi connectivity index (χ1n) is 6.72. The second kappa shape index (κ2) is 6.03. The zero-order chi connectivity index (χ0) is 15.5. The lowest BCUT2D eigenvalue weighted by atomic mass is 10.1. The Morgan fingerprint density at radius 1 is 1.23 bits per heavy atom. The quantitative estimate of drug-likeness (QED) is 0.583. The van der Waals surface area contributed by atoms with Gasteiger partial charge in [0, 0.05) is 16.0 Å². The molecule has 0 saturated heterocycles. The van der Waals surface area contributed by atoms with Crippen molar-refractivity contribution < 1.29 is 9.21 Å². The Morgan fingerprint density at radius 2 is 2.05 bits per heavy atom. The van der Waals surface area contributed by atoms with E-state index in [-0.39, 0.29) is 11.7 Å². The summed E-state index contributed by atoms with van der Waals surface area (Å²) < 4.78 is 5.58. The van der Waals surface area contributed by atoms with Crippen LogP contribution in [-0.4, -0.2) is 12.1 Å². The molecule has 5 heteroatoms. The summed E-state index contributed by atoms with van der Waals surface area (Å²) in [7, 11) is 0. The highest BCUT2D eigenvalue weighted by Gasteiger charge is 2.16. The van der Waals surface area contributed by atoms with Gasteiger partial charge in [0.25, 0.3) is 0 Å². The number of amides is 1. The number of halogens is 1. The van der Waals surface area contributed by atoms with Gasteiger partial charge in [0.05, 0.1) is 6.21 Å². The fraction of sp³-hybridized carbons (Fsp3) is 0.0588. The monoisotopic (exact) mass is 312 g/mol. The number of nitrogens with zero attached hydrogens (tertiary/aromatic N) is 1. The van der Waals surface area contributed by atoms with Crippen LogP contribution in [0, 0.1) is 6.92 Å². The number of carbonyl (C=O) groups is 1. The molecule has 110 valence electrons. The summed E-state index contributed by atoms with van der Waals surface area (Å²) in [6, 6.07) is 14.7. The van der Waals surface area contributed by atoms with Crippen LogP contribution in [0.3, 0.4) is 0 Å². The number of nitrogens with one attached hydrogen (secondary N) is 1. The number of hydrazone groups is 1. The Balaban J connectivity index is 1.77. The molecule has 1 N–H and O–H groups in total. The predicted octanol–water partition coefficient (Wildman–Crippen LogP) is 4.16. The Morgan fingerprint density at radius 3 is 2.82 bits per heavy atom. The molecule has 0 atom stereocenters. The van der Waals surface area contributed by atoms with Gasteiger partial charge >= 0.3 is 5.91 Å². The van der Waals surface area contributed by atoms with Gasteiger partial charge in [-0.2, -0.15) is 5.10 Å². The molecule has 0 aliphatic heterocycles. The fourth-order valence-electron chi connectivity index (χ4n) is 2.19. The Kier molecular flexibility index (Phi) is 3.94. The van der Waals surface area contributed by atoms with Crippen LogP contribution in [0.15, 0.2) is 58.0 Å². The summed E-state index contributed by atoms with van der Waals surface area (Å²) in [5.41, 5.74) is 4.74. The van der Waals surface area contributed by atoms with Crippen LogP contribution in [0.5, 0.6) is 0 Å². The summed E-state index contributed by atoms with van der Waals surface area (Å²) in [5.74, 6) is -0.114. The zero-order valence-corrected chi connectivity index (χ0v) is 12.6. The lowest BCUT2D eigenvalue weighted by molar-refractivity contribution is 0.0929. The molecule has 0 aliphatic carbocycles. The van der Waals surface area contributed by atoms with Gasteiger partial charge in [-0.15, -0.1) is 0 Å². The molecule has 0 radical (unpaired) electrons. The average Bonchev–Trinajstić information content (AvgIpc) is 2.85. The molecule has 0 aliphatic rings. The van der Waals surface area contributed by atoms with Crippen molar-refractivity contribution in [2.75, 3.05) is 0 Å². The van der Waals surface area contributed by atoms with Gasteiger partial charge < -0.3 is 4.42 Å². The molecule has 1 heterocycles. The molecule has 0 unspecified atom stereocenters. The second-order valence-electron chi connectivity index (χ2n) is 4.81. The number of carbonyl (C=O) groups excluding carboxylic acids is 1. The maximum Gasteiger partial charge on any atom is 0.307 e. The summed E-state index contributed by atoms with van der Waals surface area (Å²) >= 11 is 5.88. The van der Waals surface area contributed by atoms with E-state index in [4.69, 9.17) is 16.0 Å². The van der Waals surface area contributed by atoms with Gasteiger partial charge in [0.2, 0.25) is 0 Å². The van der Waals surface area contributed by atoms with E-state index in [2.05, 4.69) is 10.5 Å². The third-order valence-corrected chi connectivity index (χ3v) is 3.51. The molecule has 4 nitrogen and oxygen atoms in total. The van der Waals surface area contributed by atoms with Crippen LogP contribution in [0.1, 0.15) is 21.7 Å². The standard InChI is InChI=1S/C17H13ClN2O2/c1-11-14-7-2-3-8-15(14)22-16(11)17(21)20-19-10-12-5-4-6-13(18)9-12/h2-10H,1H3,(H,20,21)/b19-10-. The Hall–Kier alpha value is -2.59. The van der Waals surface area contributed by atoms with E-state index in [1.54, 1.807) is 12.1 Å². The minimum atomic E-state index is -0.382. The zero-order valence-electron chi connectivity index (χ0n) is 11.8. The lowest BCUT2D eigenvalue weighted by Crippen LogP contribution is -2.17. The molecule has 3 aromatic rings. The molecule has 0 fully saturated rings. The first kappa shape index (κ1) is 14.4. The largest absolute Gasteiger partial charge is 0.451 e. The van der Waals surface area contributed by atoms with E-state index in [0.29, 0.717) is 10.6 Å². The Bertz CT molecular complexity index is 868. The smallest absolute Gasteiger partial charge is 0.307 e. The van der Waals surface area contributed by atoms with Crippen LogP contribution < -0.4 is 5.43 Å². The molecule has 3 rings (SSSR count). The van der Waals surface area contributed by atoms with Crippen LogP contribution >= 0.6 is 11.6 Å². The molecular weight excluding hydrogens is 300 g/mol. The number of para-hydroxylation sites is 1. The van der Waals surface area contributed by atoms with Gasteiger partial charge in [0.15, 0.2) is 5.76 Å². The SMILES string of the molecule is Cc1c(C(=O)N/N=C\c2cccc(Cl)c2)oc2ccccc12. The van der Waals surface area contributed by atoms with Gasteiger partial charge in [-0.3, -0.25) is 4.79 Å². The van der Waals surface area contributed by atoms with E-state index < -0.39 is 0 Å². The van der Waals surface area contributed by atoms with Crippen molar-refractivity contribution >= 4 is 34.7 Å². The molecule has 0 spiro atoms. The summed E-state index contributed by atoms with van der Waals surface area (Å²) in [6.45, 7) is 1.85. The van der Waals surface area contributed by atoms with Gasteiger partial charge in [-0.25, -0.2) is 5.43 Å². The molecule has 0 bridgehead atoms. The molecule has 22 heavy (non-hydrogen) atoms. The summed E-state index contributed by atoms with van der Waals surface area (Å²) in [5, 5.41) is 5.46. The number of aryl methyl sites for hydroxylation is 1. The van der Waals surface area contributed by atoms with E-state index >= 15 is 0 Å². The van der Waals surface area contributed by atoms with E-state index in [0.717, 1.165) is 16.5 Å². The van der Waals surface area contributed by atoms with E-state index in [1.807, 2.05) is 43.3 Å². The number of rotatable bonds is 3. The second-order valence-corrected chi connectivity index (χ2v) is 5.24. The lowest BCUT2D eigenvalue weighted by Gasteiger charge is -1.97. The van der Waals surface area contributed by atoms with Crippen LogP contribution in [0.25, 0.3) is 11.0 Å². The maximum absolute atomic E-state index is 12.1. The van der Waals surface area contributed by atoms with Crippen molar-refractivity contribution in [1.82, 2.24) is 5.43 Å². The van der Waals surface area contributed by atoms with Crippen LogP contribution in [-0.2, 0) is 0 Å². The first-order chi connectivity index (χ1) is 10.6. The molecule has 2 aromatic carbocycles. The number of benzene rings is 2. The average molecular weight is 313 g/mol. The summed E-state index contributed by atoms with van der Waals surface area (Å²) in [4.78, 5) is 12.1. The summed E-state index contributed by atoms with van der Waals surface area (Å²) in [6.07, 6.45) is 1.53. The molecule has 0 saturated carbocycles. The normalized spacial score (nSPS) is 11.2. The molecule has 1 amide bonds. The number of hydrogen-bond acceptors (Lipinski definition) is 3. The minimum absolute atomic E-state index is 0.268. The van der Waals surface area contributed by atoms with Gasteiger partial charge in [-0.05, 0) is 30.7 Å². The van der Waals surface area contributed by atoms with Gasteiger partial charge in [0.1, 0.15) is 5.58 Å². The van der Waals surface area contributed by atoms with Crippen LogP contribution in [0.4, 0.5) is 0 Å². The predicted molar refractivity (Wildman–Crippen MR) is 87.5 cm³/mol.